The van der Waals surface area contributed by atoms with Crippen LogP contribution in [0.2, 0.25) is 0 Å². The van der Waals surface area contributed by atoms with E-state index in [-0.39, 0.29) is 11.7 Å². The second-order valence-electron chi connectivity index (χ2n) is 8.48. The first-order chi connectivity index (χ1) is 17.0. The lowest BCUT2D eigenvalue weighted by atomic mass is 10.1. The molecular weight excluding hydrogens is 575 g/mol. The molecule has 182 valence electrons. The molecule has 35 heavy (non-hydrogen) atoms. The summed E-state index contributed by atoms with van der Waals surface area (Å²) in [5, 5.41) is 6.77. The maximum Gasteiger partial charge on any atom is 0.222 e. The van der Waals surface area contributed by atoms with Gasteiger partial charge < -0.3 is 15.5 Å². The third-order valence-corrected chi connectivity index (χ3v) is 6.94. The van der Waals surface area contributed by atoms with Gasteiger partial charge in [0.1, 0.15) is 5.82 Å². The van der Waals surface area contributed by atoms with Gasteiger partial charge in [-0.1, -0.05) is 58.4 Å². The Morgan fingerprint density at radius 1 is 0.886 bits per heavy atom. The van der Waals surface area contributed by atoms with Gasteiger partial charge in [0.05, 0.1) is 11.0 Å². The summed E-state index contributed by atoms with van der Waals surface area (Å²) in [6.07, 6.45) is 1.61. The molecule has 0 aliphatic carbocycles. The molecule has 0 radical (unpaired) electrons. The van der Waals surface area contributed by atoms with Crippen LogP contribution in [0.5, 0.6) is 0 Å². The Bertz CT molecular complexity index is 1180. The molecule has 4 rings (SSSR count). The third-order valence-electron chi connectivity index (χ3n) is 5.80. The highest BCUT2D eigenvalue weighted by Gasteiger charge is 2.19. The molecule has 1 heterocycles. The zero-order chi connectivity index (χ0) is 24.6. The number of hydrogen-bond donors (Lipinski definition) is 2. The number of carbonyl (C=O) groups is 1. The minimum absolute atomic E-state index is 0.238. The molecule has 0 atom stereocenters. The van der Waals surface area contributed by atoms with Crippen LogP contribution in [-0.2, 0) is 31.0 Å². The average Bonchev–Trinajstić information content (AvgIpc) is 3.26. The van der Waals surface area contributed by atoms with Gasteiger partial charge in [-0.3, -0.25) is 4.79 Å². The summed E-state index contributed by atoms with van der Waals surface area (Å²) >= 11 is 6.70. The summed E-state index contributed by atoms with van der Waals surface area (Å²) in [6, 6.07) is 21.3. The van der Waals surface area contributed by atoms with E-state index in [1.165, 1.54) is 6.07 Å². The molecule has 0 spiro atoms. The Kier molecular flexibility index (Phi) is 8.93. The first-order valence-electron chi connectivity index (χ1n) is 11.5. The fourth-order valence-corrected chi connectivity index (χ4v) is 4.50. The van der Waals surface area contributed by atoms with E-state index in [1.54, 1.807) is 12.1 Å². The van der Waals surface area contributed by atoms with E-state index in [1.807, 2.05) is 17.0 Å². The molecule has 3 aromatic carbocycles. The first kappa shape index (κ1) is 25.4. The zero-order valence-electron chi connectivity index (χ0n) is 19.2. The molecule has 1 aliphatic heterocycles. The monoisotopic (exact) mass is 600 g/mol. The highest BCUT2D eigenvalue weighted by molar-refractivity contribution is 9.10. The Labute approximate surface area is 222 Å². The summed E-state index contributed by atoms with van der Waals surface area (Å²) in [5.41, 5.74) is 4.29. The molecular formula is C27H27Br2FN4O. The largest absolute Gasteiger partial charge is 0.352 e. The van der Waals surface area contributed by atoms with Crippen molar-refractivity contribution in [3.63, 3.8) is 0 Å². The van der Waals surface area contributed by atoms with E-state index in [4.69, 9.17) is 4.99 Å². The molecule has 1 saturated heterocycles. The standard InChI is InChI=1S/C27H27Br2FN4O/c28-23-10-7-20(8-11-23)16-32-27(33-17-22-9-12-25(30)24(29)14-22)31-15-19-3-5-21(6-4-19)18-34-13-1-2-26(34)35/h3-12,14H,1-2,13,15-18H2,(H2,31,32,33). The maximum atomic E-state index is 13.6. The van der Waals surface area contributed by atoms with Crippen molar-refractivity contribution < 1.29 is 9.18 Å². The van der Waals surface area contributed by atoms with E-state index in [9.17, 15) is 9.18 Å². The predicted octanol–water partition coefficient (Wildman–Crippen LogP) is 5.91. The van der Waals surface area contributed by atoms with Gasteiger partial charge in [-0.05, 0) is 68.9 Å². The molecule has 8 heteroatoms. The van der Waals surface area contributed by atoms with Gasteiger partial charge in [0.25, 0.3) is 0 Å². The van der Waals surface area contributed by atoms with Gasteiger partial charge >= 0.3 is 0 Å². The second-order valence-corrected chi connectivity index (χ2v) is 10.3. The molecule has 1 amide bonds. The van der Waals surface area contributed by atoms with Gasteiger partial charge in [-0.2, -0.15) is 0 Å². The number of nitrogens with zero attached hydrogens (tertiary/aromatic N) is 2. The molecule has 0 aromatic heterocycles. The Hall–Kier alpha value is -2.71. The molecule has 1 fully saturated rings. The summed E-state index contributed by atoms with van der Waals surface area (Å²) in [4.78, 5) is 18.5. The van der Waals surface area contributed by atoms with Crippen molar-refractivity contribution in [1.82, 2.24) is 15.5 Å². The quantitative estimate of drug-likeness (QED) is 0.249. The molecule has 1 aliphatic rings. The minimum atomic E-state index is -0.290. The van der Waals surface area contributed by atoms with Crippen LogP contribution >= 0.6 is 31.9 Å². The number of likely N-dealkylation sites (tertiary alicyclic amines) is 1. The van der Waals surface area contributed by atoms with Gasteiger partial charge in [-0.15, -0.1) is 0 Å². The van der Waals surface area contributed by atoms with E-state index in [0.29, 0.717) is 43.0 Å². The number of guanidine groups is 1. The number of benzene rings is 3. The topological polar surface area (TPSA) is 56.7 Å². The van der Waals surface area contributed by atoms with Crippen LogP contribution < -0.4 is 10.6 Å². The number of nitrogens with one attached hydrogen (secondary N) is 2. The fourth-order valence-electron chi connectivity index (χ4n) is 3.81. The van der Waals surface area contributed by atoms with Crippen molar-refractivity contribution in [2.24, 2.45) is 4.99 Å². The Morgan fingerprint density at radius 3 is 2.09 bits per heavy atom. The Morgan fingerprint density at radius 2 is 1.49 bits per heavy atom. The van der Waals surface area contributed by atoms with Crippen LogP contribution in [0.3, 0.4) is 0 Å². The number of carbonyl (C=O) groups excluding carboxylic acids is 1. The first-order valence-corrected chi connectivity index (χ1v) is 13.1. The molecule has 3 aromatic rings. The van der Waals surface area contributed by atoms with Crippen molar-refractivity contribution in [2.45, 2.75) is 39.0 Å². The number of hydrogen-bond acceptors (Lipinski definition) is 2. The van der Waals surface area contributed by atoms with Crippen molar-refractivity contribution in [2.75, 3.05) is 6.54 Å². The number of halogens is 3. The number of aliphatic imine (C=N–C) groups is 1. The SMILES string of the molecule is O=C1CCCN1Cc1ccc(CNC(=NCc2ccc(F)c(Br)c2)NCc2ccc(Br)cc2)cc1. The molecule has 0 unspecified atom stereocenters. The molecule has 2 N–H and O–H groups in total. The zero-order valence-corrected chi connectivity index (χ0v) is 22.4. The minimum Gasteiger partial charge on any atom is -0.352 e. The fraction of sp³-hybridized carbons (Fsp3) is 0.259. The third kappa shape index (κ3) is 7.64. The number of amides is 1. The normalized spacial score (nSPS) is 13.9. The van der Waals surface area contributed by atoms with Crippen molar-refractivity contribution >= 4 is 43.7 Å². The van der Waals surface area contributed by atoms with Crippen molar-refractivity contribution in [3.8, 4) is 0 Å². The summed E-state index contributed by atoms with van der Waals surface area (Å²) < 4.78 is 15.0. The molecule has 0 saturated carbocycles. The summed E-state index contributed by atoms with van der Waals surface area (Å²) in [6.45, 7) is 3.15. The highest BCUT2D eigenvalue weighted by atomic mass is 79.9. The smallest absolute Gasteiger partial charge is 0.222 e. The van der Waals surface area contributed by atoms with Gasteiger partial charge in [0, 0.05) is 37.1 Å². The highest BCUT2D eigenvalue weighted by Crippen LogP contribution is 2.18. The summed E-state index contributed by atoms with van der Waals surface area (Å²) in [5.74, 6) is 0.615. The van der Waals surface area contributed by atoms with Gasteiger partial charge in [0.2, 0.25) is 5.91 Å². The Balaban J connectivity index is 1.39. The van der Waals surface area contributed by atoms with Gasteiger partial charge in [-0.25, -0.2) is 9.38 Å². The van der Waals surface area contributed by atoms with Gasteiger partial charge in [0.15, 0.2) is 5.96 Å². The molecule has 0 bridgehead atoms. The van der Waals surface area contributed by atoms with Crippen LogP contribution in [0.1, 0.15) is 35.1 Å². The van der Waals surface area contributed by atoms with Crippen molar-refractivity contribution in [3.05, 3.63) is 104 Å². The summed E-state index contributed by atoms with van der Waals surface area (Å²) in [7, 11) is 0. The lowest BCUT2D eigenvalue weighted by Crippen LogP contribution is -2.36. The van der Waals surface area contributed by atoms with E-state index in [2.05, 4.69) is 78.9 Å². The second kappa shape index (κ2) is 12.3. The molecule has 5 nitrogen and oxygen atoms in total. The van der Waals surface area contributed by atoms with Crippen LogP contribution in [-0.4, -0.2) is 23.3 Å². The van der Waals surface area contributed by atoms with E-state index < -0.39 is 0 Å². The van der Waals surface area contributed by atoms with E-state index in [0.717, 1.165) is 39.7 Å². The lowest BCUT2D eigenvalue weighted by Gasteiger charge is -2.16. The van der Waals surface area contributed by atoms with Crippen molar-refractivity contribution in [1.29, 1.82) is 0 Å². The average molecular weight is 602 g/mol. The van der Waals surface area contributed by atoms with Crippen LogP contribution in [0, 0.1) is 5.82 Å². The van der Waals surface area contributed by atoms with Crippen LogP contribution in [0.25, 0.3) is 0 Å². The predicted molar refractivity (Wildman–Crippen MR) is 144 cm³/mol. The number of rotatable bonds is 8. The van der Waals surface area contributed by atoms with Crippen LogP contribution in [0.15, 0.2) is 80.7 Å². The maximum absolute atomic E-state index is 13.6. The van der Waals surface area contributed by atoms with E-state index >= 15 is 0 Å². The lowest BCUT2D eigenvalue weighted by molar-refractivity contribution is -0.128. The van der Waals surface area contributed by atoms with Crippen LogP contribution in [0.4, 0.5) is 4.39 Å².